The van der Waals surface area contributed by atoms with Crippen molar-refractivity contribution in [3.63, 3.8) is 0 Å². The van der Waals surface area contributed by atoms with E-state index in [0.717, 1.165) is 15.6 Å². The van der Waals surface area contributed by atoms with Gasteiger partial charge in [0.05, 0.1) is 5.52 Å². The van der Waals surface area contributed by atoms with E-state index < -0.39 is 17.7 Å². The van der Waals surface area contributed by atoms with Gasteiger partial charge < -0.3 is 10.6 Å². The minimum absolute atomic E-state index is 0.167. The Hall–Kier alpha value is -3.62. The minimum Gasteiger partial charge on any atom is -0.320 e. The topological polar surface area (TPSA) is 92.2 Å². The number of hydrogen-bond donors (Lipinski definition) is 3. The number of carbonyl (C=O) groups is 3. The van der Waals surface area contributed by atoms with Gasteiger partial charge in [0.2, 0.25) is 0 Å². The van der Waals surface area contributed by atoms with Gasteiger partial charge in [0.15, 0.2) is 0 Å². The molecule has 172 valence electrons. The number of amides is 3. The Morgan fingerprint density at radius 2 is 1.59 bits per heavy atom. The maximum atomic E-state index is 13.2. The fourth-order valence-electron chi connectivity index (χ4n) is 3.49. The summed E-state index contributed by atoms with van der Waals surface area (Å²) in [6, 6.07) is 19.0. The lowest BCUT2D eigenvalue weighted by atomic mass is 10.1. The molecule has 0 fully saturated rings. The van der Waals surface area contributed by atoms with E-state index in [2.05, 4.69) is 32.0 Å². The van der Waals surface area contributed by atoms with Gasteiger partial charge in [0, 0.05) is 26.3 Å². The molecule has 3 amide bonds. The monoisotopic (exact) mass is 538 g/mol. The van der Waals surface area contributed by atoms with Gasteiger partial charge in [-0.2, -0.15) is 0 Å². The van der Waals surface area contributed by atoms with E-state index in [1.807, 2.05) is 38.1 Å². The first-order valence-corrected chi connectivity index (χ1v) is 11.5. The zero-order valence-electron chi connectivity index (χ0n) is 18.3. The van der Waals surface area contributed by atoms with Crippen LogP contribution >= 0.6 is 27.5 Å². The number of hydrogen-bond acceptors (Lipinski definition) is 3. The summed E-state index contributed by atoms with van der Waals surface area (Å²) in [7, 11) is 0. The lowest BCUT2D eigenvalue weighted by Crippen LogP contribution is -2.36. The molecular weight excluding hydrogens is 520 g/mol. The summed E-state index contributed by atoms with van der Waals surface area (Å²) in [5, 5.41) is 6.60. The van der Waals surface area contributed by atoms with Gasteiger partial charge in [-0.25, -0.2) is 4.68 Å². The molecule has 0 radical (unpaired) electrons. The van der Waals surface area contributed by atoms with Gasteiger partial charge >= 0.3 is 11.8 Å². The molecule has 0 aliphatic carbocycles. The molecule has 0 aliphatic heterocycles. The highest BCUT2D eigenvalue weighted by molar-refractivity contribution is 9.10. The van der Waals surface area contributed by atoms with Crippen molar-refractivity contribution < 1.29 is 14.4 Å². The summed E-state index contributed by atoms with van der Waals surface area (Å²) >= 11 is 9.28. The summed E-state index contributed by atoms with van der Waals surface area (Å²) in [6.45, 7) is 3.87. The van der Waals surface area contributed by atoms with Crippen molar-refractivity contribution in [2.24, 2.45) is 0 Å². The third-order valence-electron chi connectivity index (χ3n) is 5.15. The van der Waals surface area contributed by atoms with E-state index in [9.17, 15) is 14.4 Å². The smallest absolute Gasteiger partial charge is 0.320 e. The van der Waals surface area contributed by atoms with Crippen LogP contribution in [0.1, 0.15) is 21.6 Å². The van der Waals surface area contributed by atoms with Crippen molar-refractivity contribution in [1.29, 1.82) is 0 Å². The maximum absolute atomic E-state index is 13.2. The Bertz CT molecular complexity index is 1430. The van der Waals surface area contributed by atoms with E-state index in [1.54, 1.807) is 42.5 Å². The summed E-state index contributed by atoms with van der Waals surface area (Å²) in [5.41, 5.74) is 6.32. The summed E-state index contributed by atoms with van der Waals surface area (Å²) < 4.78 is 2.12. The predicted octanol–water partition coefficient (Wildman–Crippen LogP) is 5.64. The molecule has 4 rings (SSSR count). The number of aromatic nitrogens is 1. The number of nitrogens with one attached hydrogen (secondary N) is 3. The number of aryl methyl sites for hydroxylation is 2. The lowest BCUT2D eigenvalue weighted by Gasteiger charge is -2.14. The zero-order chi connectivity index (χ0) is 24.4. The molecule has 1 aromatic heterocycles. The predicted molar refractivity (Wildman–Crippen MR) is 138 cm³/mol. The molecule has 0 saturated carbocycles. The Balaban J connectivity index is 1.63. The first-order valence-electron chi connectivity index (χ1n) is 10.3. The van der Waals surface area contributed by atoms with Gasteiger partial charge in [-0.05, 0) is 74.0 Å². The van der Waals surface area contributed by atoms with E-state index in [0.29, 0.717) is 27.3 Å². The second-order valence-corrected chi connectivity index (χ2v) is 9.09. The van der Waals surface area contributed by atoms with Gasteiger partial charge in [-0.3, -0.25) is 19.8 Å². The fraction of sp³-hybridized carbons (Fsp3) is 0.0800. The van der Waals surface area contributed by atoms with E-state index >= 15 is 0 Å². The highest BCUT2D eigenvalue weighted by atomic mass is 79.9. The van der Waals surface area contributed by atoms with Crippen molar-refractivity contribution in [2.45, 2.75) is 13.8 Å². The molecule has 4 aromatic rings. The minimum atomic E-state index is -0.934. The second kappa shape index (κ2) is 9.70. The molecule has 1 heterocycles. The summed E-state index contributed by atoms with van der Waals surface area (Å²) in [5.74, 6) is -2.25. The normalized spacial score (nSPS) is 10.7. The van der Waals surface area contributed by atoms with Crippen molar-refractivity contribution >= 4 is 67.5 Å². The average molecular weight is 540 g/mol. The molecule has 0 unspecified atom stereocenters. The summed E-state index contributed by atoms with van der Waals surface area (Å²) in [6.07, 6.45) is 0. The third kappa shape index (κ3) is 5.13. The van der Waals surface area contributed by atoms with Crippen LogP contribution in [0.4, 0.5) is 11.4 Å². The van der Waals surface area contributed by atoms with Crippen LogP contribution in [0, 0.1) is 13.8 Å². The molecule has 0 atom stereocenters. The van der Waals surface area contributed by atoms with Crippen LogP contribution in [0.2, 0.25) is 5.02 Å². The molecule has 0 spiro atoms. The first kappa shape index (κ1) is 23.5. The summed E-state index contributed by atoms with van der Waals surface area (Å²) in [4.78, 5) is 38.4. The van der Waals surface area contributed by atoms with E-state index in [-0.39, 0.29) is 5.69 Å². The molecule has 7 nitrogen and oxygen atoms in total. The van der Waals surface area contributed by atoms with Gasteiger partial charge in [-0.15, -0.1) is 0 Å². The Morgan fingerprint density at radius 3 is 2.29 bits per heavy atom. The van der Waals surface area contributed by atoms with Crippen LogP contribution in [-0.4, -0.2) is 22.4 Å². The van der Waals surface area contributed by atoms with E-state index in [4.69, 9.17) is 11.6 Å². The van der Waals surface area contributed by atoms with Crippen LogP contribution in [0.25, 0.3) is 10.9 Å². The number of anilines is 2. The highest BCUT2D eigenvalue weighted by Crippen LogP contribution is 2.25. The second-order valence-electron chi connectivity index (χ2n) is 7.74. The molecule has 0 bridgehead atoms. The number of fused-ring (bicyclic) bond motifs is 1. The molecule has 9 heteroatoms. The number of rotatable bonds is 4. The van der Waals surface area contributed by atoms with Crippen molar-refractivity contribution in [3.8, 4) is 0 Å². The highest BCUT2D eigenvalue weighted by Gasteiger charge is 2.21. The first-order chi connectivity index (χ1) is 16.2. The van der Waals surface area contributed by atoms with Crippen LogP contribution in [0.3, 0.4) is 0 Å². The molecule has 3 aromatic carbocycles. The SMILES string of the molecule is Cc1ccc(NC(=O)c2cc3cc(Br)ccc3n2NC(=O)C(=O)Nc2ccc(Cl)cc2)c(C)c1. The number of halogens is 2. The van der Waals surface area contributed by atoms with Gasteiger partial charge in [0.1, 0.15) is 5.69 Å². The Labute approximate surface area is 209 Å². The number of nitrogens with zero attached hydrogens (tertiary/aromatic N) is 1. The molecule has 3 N–H and O–H groups in total. The van der Waals surface area contributed by atoms with Crippen molar-refractivity contribution in [2.75, 3.05) is 16.1 Å². The van der Waals surface area contributed by atoms with Gasteiger partial charge in [-0.1, -0.05) is 45.2 Å². The third-order valence-corrected chi connectivity index (χ3v) is 5.89. The Kier molecular flexibility index (Phi) is 6.72. The molecular formula is C25H20BrClN4O3. The molecule has 34 heavy (non-hydrogen) atoms. The Morgan fingerprint density at radius 1 is 0.853 bits per heavy atom. The lowest BCUT2D eigenvalue weighted by molar-refractivity contribution is -0.133. The number of benzene rings is 3. The van der Waals surface area contributed by atoms with Crippen LogP contribution in [-0.2, 0) is 9.59 Å². The average Bonchev–Trinajstić information content (AvgIpc) is 3.14. The van der Waals surface area contributed by atoms with Crippen LogP contribution < -0.4 is 16.1 Å². The largest absolute Gasteiger partial charge is 0.328 e. The maximum Gasteiger partial charge on any atom is 0.328 e. The zero-order valence-corrected chi connectivity index (χ0v) is 20.6. The van der Waals surface area contributed by atoms with Crippen molar-refractivity contribution in [1.82, 2.24) is 4.68 Å². The molecule has 0 saturated heterocycles. The number of carbonyl (C=O) groups excluding carboxylic acids is 3. The quantitative estimate of drug-likeness (QED) is 0.293. The van der Waals surface area contributed by atoms with Crippen molar-refractivity contribution in [3.05, 3.63) is 93.0 Å². The van der Waals surface area contributed by atoms with Gasteiger partial charge in [0.25, 0.3) is 5.91 Å². The standard InChI is InChI=1S/C25H20BrClN4O3/c1-14-3-9-20(15(2)11-14)29-23(32)22-13-16-12-17(26)4-10-21(16)31(22)30-25(34)24(33)28-19-7-5-18(27)6-8-19/h3-13H,1-2H3,(H,28,33)(H,29,32)(H,30,34). The van der Waals surface area contributed by atoms with E-state index in [1.165, 1.54) is 4.68 Å². The fourth-order valence-corrected chi connectivity index (χ4v) is 3.99. The van der Waals surface area contributed by atoms with Crippen LogP contribution in [0.5, 0.6) is 0 Å². The molecule has 0 aliphatic rings. The van der Waals surface area contributed by atoms with Crippen LogP contribution in [0.15, 0.2) is 71.2 Å².